The van der Waals surface area contributed by atoms with Gasteiger partial charge in [0.15, 0.2) is 11.0 Å². The third-order valence-corrected chi connectivity index (χ3v) is 11.4. The molecule has 0 bridgehead atoms. The van der Waals surface area contributed by atoms with Crippen molar-refractivity contribution in [3.8, 4) is 17.5 Å². The van der Waals surface area contributed by atoms with Crippen LogP contribution in [-0.2, 0) is 37.5 Å². The van der Waals surface area contributed by atoms with Gasteiger partial charge in [0.2, 0.25) is 5.91 Å². The van der Waals surface area contributed by atoms with Gasteiger partial charge >= 0.3 is 0 Å². The molecule has 1 unspecified atom stereocenters. The second-order valence-corrected chi connectivity index (χ2v) is 13.6. The minimum atomic E-state index is -0.113. The van der Waals surface area contributed by atoms with Gasteiger partial charge in [-0.3, -0.25) is 4.79 Å². The van der Waals surface area contributed by atoms with Crippen LogP contribution in [0.15, 0.2) is 10.5 Å². The number of aromatic nitrogens is 3. The number of fused-ring (bicyclic) bond motifs is 2. The number of hydrogen-bond donors (Lipinski definition) is 1. The van der Waals surface area contributed by atoms with E-state index >= 15 is 0 Å². The summed E-state index contributed by atoms with van der Waals surface area (Å²) in [4.78, 5) is 15.6. The van der Waals surface area contributed by atoms with Crippen LogP contribution in [0, 0.1) is 22.7 Å². The Morgan fingerprint density at radius 2 is 2.06 bits per heavy atom. The lowest BCUT2D eigenvalue weighted by molar-refractivity contribution is -0.113. The summed E-state index contributed by atoms with van der Waals surface area (Å²) in [6, 6.07) is 2.37. The first-order valence-electron chi connectivity index (χ1n) is 12.8. The predicted molar refractivity (Wildman–Crippen MR) is 149 cm³/mol. The summed E-state index contributed by atoms with van der Waals surface area (Å²) in [5.41, 5.74) is 4.70. The first-order valence-corrected chi connectivity index (χ1v) is 15.5. The molecule has 3 heterocycles. The molecular weight excluding hydrogens is 507 g/mol. The number of nitrogens with zero attached hydrogens (tertiary/aromatic N) is 4. The highest BCUT2D eigenvalue weighted by Crippen LogP contribution is 2.45. The van der Waals surface area contributed by atoms with E-state index in [1.807, 2.05) is 23.0 Å². The minimum absolute atomic E-state index is 0.113. The molecule has 3 aromatic rings. The van der Waals surface area contributed by atoms with Gasteiger partial charge in [-0.15, -0.1) is 32.9 Å². The number of rotatable bonds is 7. The lowest BCUT2D eigenvalue weighted by atomic mass is 9.69. The molecule has 1 N–H and O–H groups in total. The van der Waals surface area contributed by atoms with Crippen LogP contribution in [0.5, 0.6) is 0 Å². The predicted octanol–water partition coefficient (Wildman–Crippen LogP) is 6.63. The zero-order valence-electron chi connectivity index (χ0n) is 21.4. The highest BCUT2D eigenvalue weighted by Gasteiger charge is 2.34. The quantitative estimate of drug-likeness (QED) is 0.341. The maximum absolute atomic E-state index is 12.9. The Morgan fingerprint density at radius 3 is 2.83 bits per heavy atom. The van der Waals surface area contributed by atoms with Crippen LogP contribution in [0.1, 0.15) is 72.9 Å². The Bertz CT molecular complexity index is 1330. The first-order chi connectivity index (χ1) is 17.3. The van der Waals surface area contributed by atoms with E-state index in [2.05, 4.69) is 47.7 Å². The Balaban J connectivity index is 1.26. The van der Waals surface area contributed by atoms with Gasteiger partial charge in [-0.1, -0.05) is 39.0 Å². The van der Waals surface area contributed by atoms with Crippen LogP contribution >= 0.6 is 34.4 Å². The monoisotopic (exact) mass is 539 g/mol. The van der Waals surface area contributed by atoms with E-state index in [-0.39, 0.29) is 17.1 Å². The van der Waals surface area contributed by atoms with Gasteiger partial charge in [0.05, 0.1) is 11.3 Å². The lowest BCUT2D eigenvalue weighted by Gasteiger charge is -2.36. The van der Waals surface area contributed by atoms with E-state index in [0.717, 1.165) is 55.1 Å². The molecule has 0 saturated carbocycles. The van der Waals surface area contributed by atoms with Gasteiger partial charge in [-0.05, 0) is 67.4 Å². The number of nitrogens with one attached hydrogen (secondary N) is 1. The molecule has 0 aliphatic heterocycles. The number of nitriles is 1. The molecule has 9 heteroatoms. The van der Waals surface area contributed by atoms with Gasteiger partial charge in [-0.2, -0.15) is 5.26 Å². The van der Waals surface area contributed by atoms with Crippen LogP contribution in [0.25, 0.3) is 11.4 Å². The van der Waals surface area contributed by atoms with E-state index in [0.29, 0.717) is 16.5 Å². The van der Waals surface area contributed by atoms with Crippen molar-refractivity contribution in [1.29, 1.82) is 5.26 Å². The van der Waals surface area contributed by atoms with Gasteiger partial charge in [0.25, 0.3) is 0 Å². The van der Waals surface area contributed by atoms with Gasteiger partial charge in [-0.25, -0.2) is 0 Å². The molecule has 3 aromatic heterocycles. The molecule has 0 spiro atoms. The smallest absolute Gasteiger partial charge is 0.235 e. The minimum Gasteiger partial charge on any atom is -0.316 e. The summed E-state index contributed by atoms with van der Waals surface area (Å²) in [6.07, 6.45) is 8.91. The van der Waals surface area contributed by atoms with Gasteiger partial charge in [0.1, 0.15) is 11.1 Å². The maximum atomic E-state index is 12.9. The fourth-order valence-electron chi connectivity index (χ4n) is 5.40. The summed E-state index contributed by atoms with van der Waals surface area (Å²) in [5.74, 6) is 1.60. The second-order valence-electron chi connectivity index (χ2n) is 10.6. The summed E-state index contributed by atoms with van der Waals surface area (Å²) in [7, 11) is 1.97. The summed E-state index contributed by atoms with van der Waals surface area (Å²) < 4.78 is 2.00. The highest BCUT2D eigenvalue weighted by atomic mass is 32.2. The summed E-state index contributed by atoms with van der Waals surface area (Å²) >= 11 is 4.80. The summed E-state index contributed by atoms with van der Waals surface area (Å²) in [5, 5.41) is 25.3. The average molecular weight is 540 g/mol. The van der Waals surface area contributed by atoms with E-state index in [1.165, 1.54) is 45.5 Å². The maximum Gasteiger partial charge on any atom is 0.235 e. The van der Waals surface area contributed by atoms with Gasteiger partial charge in [0, 0.05) is 27.7 Å². The molecule has 190 valence electrons. The van der Waals surface area contributed by atoms with Crippen LogP contribution in [0.3, 0.4) is 0 Å². The topological polar surface area (TPSA) is 83.6 Å². The van der Waals surface area contributed by atoms with Crippen LogP contribution in [0.2, 0.25) is 0 Å². The number of carbonyl (C=O) groups excluding carboxylic acids is 1. The number of thioether (sulfide) groups is 1. The van der Waals surface area contributed by atoms with Crippen molar-refractivity contribution in [3.05, 3.63) is 31.8 Å². The number of carbonyl (C=O) groups is 1. The molecule has 0 aromatic carbocycles. The SMILES string of the molecule is CCC(C)(C)C1CCc2c(sc(NC(=O)CSc3nnc(-c4csc5c4CCCC5)n3C)c2C#N)C1. The molecule has 0 fully saturated rings. The Kier molecular flexibility index (Phi) is 7.30. The Hall–Kier alpha value is -2.15. The van der Waals surface area contributed by atoms with Crippen molar-refractivity contribution in [1.82, 2.24) is 14.8 Å². The first kappa shape index (κ1) is 25.5. The highest BCUT2D eigenvalue weighted by molar-refractivity contribution is 7.99. The van der Waals surface area contributed by atoms with E-state index in [9.17, 15) is 10.1 Å². The molecule has 2 aliphatic carbocycles. The van der Waals surface area contributed by atoms with Crippen molar-refractivity contribution < 1.29 is 4.79 Å². The summed E-state index contributed by atoms with van der Waals surface area (Å²) in [6.45, 7) is 6.93. The Morgan fingerprint density at radius 1 is 1.25 bits per heavy atom. The fourth-order valence-corrected chi connectivity index (χ4v) is 8.53. The second kappa shape index (κ2) is 10.3. The normalized spacial score (nSPS) is 17.4. The average Bonchev–Trinajstić information content (AvgIpc) is 3.56. The zero-order chi connectivity index (χ0) is 25.4. The largest absolute Gasteiger partial charge is 0.316 e. The number of thiophene rings is 2. The van der Waals surface area contributed by atoms with Crippen molar-refractivity contribution in [2.45, 2.75) is 77.3 Å². The van der Waals surface area contributed by atoms with E-state index < -0.39 is 0 Å². The van der Waals surface area contributed by atoms with Gasteiger partial charge < -0.3 is 9.88 Å². The van der Waals surface area contributed by atoms with Crippen molar-refractivity contribution in [2.24, 2.45) is 18.4 Å². The van der Waals surface area contributed by atoms with Crippen molar-refractivity contribution in [3.63, 3.8) is 0 Å². The number of aryl methyl sites for hydroxylation is 1. The molecule has 1 atom stereocenters. The lowest BCUT2D eigenvalue weighted by Crippen LogP contribution is -2.28. The molecule has 36 heavy (non-hydrogen) atoms. The van der Waals surface area contributed by atoms with Crippen molar-refractivity contribution in [2.75, 3.05) is 11.1 Å². The zero-order valence-corrected chi connectivity index (χ0v) is 23.9. The molecule has 2 aliphatic rings. The number of anilines is 1. The van der Waals surface area contributed by atoms with Crippen molar-refractivity contribution >= 4 is 45.3 Å². The third-order valence-electron chi connectivity index (χ3n) is 8.12. The molecule has 5 rings (SSSR count). The van der Waals surface area contributed by atoms with Crippen LogP contribution < -0.4 is 5.32 Å². The molecular formula is C27H33N5OS3. The van der Waals surface area contributed by atoms with E-state index in [4.69, 9.17) is 0 Å². The standard InChI is InChI=1S/C27H33N5OS3/c1-5-27(2,3)16-10-11-18-19(13-28)25(36-22(18)12-16)29-23(33)15-35-26-31-30-24(32(26)4)20-14-34-21-9-7-6-8-17(20)21/h14,16H,5-12,15H2,1-4H3,(H,29,33). The van der Waals surface area contributed by atoms with Crippen LogP contribution in [-0.4, -0.2) is 26.4 Å². The molecule has 0 saturated heterocycles. The number of hydrogen-bond acceptors (Lipinski definition) is 7. The molecule has 0 radical (unpaired) electrons. The van der Waals surface area contributed by atoms with E-state index in [1.54, 1.807) is 11.3 Å². The Labute approximate surface area is 225 Å². The third kappa shape index (κ3) is 4.75. The molecule has 6 nitrogen and oxygen atoms in total. The number of amides is 1. The molecule has 1 amide bonds. The van der Waals surface area contributed by atoms with Crippen LogP contribution in [0.4, 0.5) is 5.00 Å². The fraction of sp³-hybridized carbons (Fsp3) is 0.556.